The number of hydrogen-bond acceptors (Lipinski definition) is 5. The Morgan fingerprint density at radius 3 is 2.62 bits per heavy atom. The van der Waals surface area contributed by atoms with Gasteiger partial charge >= 0.3 is 0 Å². The van der Waals surface area contributed by atoms with E-state index in [9.17, 15) is 4.39 Å². The largest absolute Gasteiger partial charge is 0.497 e. The highest BCUT2D eigenvalue weighted by Crippen LogP contribution is 2.22. The average molecular weight is 356 g/mol. The third-order valence-corrected chi connectivity index (χ3v) is 3.89. The Morgan fingerprint density at radius 1 is 1.12 bits per heavy atom. The summed E-state index contributed by atoms with van der Waals surface area (Å²) in [6, 6.07) is 13.9. The molecule has 0 atom stereocenters. The van der Waals surface area contributed by atoms with Crippen molar-refractivity contribution < 1.29 is 18.3 Å². The van der Waals surface area contributed by atoms with E-state index in [1.54, 1.807) is 31.6 Å². The number of halogens is 1. The van der Waals surface area contributed by atoms with Crippen molar-refractivity contribution in [3.8, 4) is 23.0 Å². The van der Waals surface area contributed by atoms with Crippen LogP contribution >= 0.6 is 0 Å². The van der Waals surface area contributed by atoms with E-state index in [2.05, 4.69) is 4.98 Å². The van der Waals surface area contributed by atoms with Gasteiger partial charge < -0.3 is 13.9 Å². The third kappa shape index (κ3) is 4.61. The van der Waals surface area contributed by atoms with Gasteiger partial charge in [-0.2, -0.15) is 0 Å². The fourth-order valence-corrected chi connectivity index (χ4v) is 2.47. The Hall–Kier alpha value is -2.86. The lowest BCUT2D eigenvalue weighted by Gasteiger charge is -2.15. The van der Waals surface area contributed by atoms with Crippen molar-refractivity contribution in [2.24, 2.45) is 0 Å². The maximum absolute atomic E-state index is 13.5. The van der Waals surface area contributed by atoms with Crippen molar-refractivity contribution in [1.82, 2.24) is 9.88 Å². The van der Waals surface area contributed by atoms with Gasteiger partial charge in [-0.3, -0.25) is 4.90 Å². The highest BCUT2D eigenvalue weighted by Gasteiger charge is 2.09. The molecule has 0 saturated heterocycles. The van der Waals surface area contributed by atoms with E-state index >= 15 is 0 Å². The van der Waals surface area contributed by atoms with Gasteiger partial charge in [0.05, 0.1) is 12.8 Å². The second-order valence-electron chi connectivity index (χ2n) is 5.89. The van der Waals surface area contributed by atoms with Gasteiger partial charge in [-0.1, -0.05) is 12.1 Å². The van der Waals surface area contributed by atoms with Crippen molar-refractivity contribution in [3.63, 3.8) is 0 Å². The lowest BCUT2D eigenvalue weighted by atomic mass is 10.2. The van der Waals surface area contributed by atoms with E-state index in [4.69, 9.17) is 13.9 Å². The molecule has 1 aromatic heterocycles. The van der Waals surface area contributed by atoms with E-state index in [0.29, 0.717) is 25.6 Å². The lowest BCUT2D eigenvalue weighted by molar-refractivity contribution is 0.225. The molecule has 0 spiro atoms. The fraction of sp³-hybridized carbons (Fsp3) is 0.250. The first-order valence-electron chi connectivity index (χ1n) is 8.30. The number of oxazole rings is 1. The van der Waals surface area contributed by atoms with Gasteiger partial charge in [0, 0.05) is 18.7 Å². The highest BCUT2D eigenvalue weighted by molar-refractivity contribution is 5.54. The molecule has 0 radical (unpaired) electrons. The van der Waals surface area contributed by atoms with Crippen LogP contribution in [0.2, 0.25) is 0 Å². The first-order valence-corrected chi connectivity index (χ1v) is 8.30. The number of para-hydroxylation sites is 1. The molecule has 5 nitrogen and oxygen atoms in total. The van der Waals surface area contributed by atoms with Gasteiger partial charge in [0.2, 0.25) is 5.89 Å². The van der Waals surface area contributed by atoms with Gasteiger partial charge in [-0.15, -0.1) is 0 Å². The second-order valence-corrected chi connectivity index (χ2v) is 5.89. The Kier molecular flexibility index (Phi) is 5.86. The number of likely N-dealkylation sites (N-methyl/N-ethyl adjacent to an activating group) is 1. The van der Waals surface area contributed by atoms with Crippen LogP contribution in [0.1, 0.15) is 5.69 Å². The Labute approximate surface area is 152 Å². The van der Waals surface area contributed by atoms with Crippen molar-refractivity contribution in [3.05, 3.63) is 66.3 Å². The van der Waals surface area contributed by atoms with Crippen molar-refractivity contribution in [1.29, 1.82) is 0 Å². The summed E-state index contributed by atoms with van der Waals surface area (Å²) in [5.41, 5.74) is 1.71. The van der Waals surface area contributed by atoms with Crippen LogP contribution in [0.25, 0.3) is 11.5 Å². The molecule has 0 unspecified atom stereocenters. The first-order chi connectivity index (χ1) is 12.7. The molecule has 0 N–H and O–H groups in total. The van der Waals surface area contributed by atoms with Gasteiger partial charge in [0.1, 0.15) is 18.6 Å². The molecule has 2 aromatic carbocycles. The zero-order valence-electron chi connectivity index (χ0n) is 14.8. The van der Waals surface area contributed by atoms with E-state index in [1.165, 1.54) is 6.07 Å². The molecule has 3 rings (SSSR count). The van der Waals surface area contributed by atoms with E-state index < -0.39 is 0 Å². The number of benzene rings is 2. The zero-order chi connectivity index (χ0) is 18.4. The molecule has 26 heavy (non-hydrogen) atoms. The van der Waals surface area contributed by atoms with E-state index in [-0.39, 0.29) is 11.6 Å². The summed E-state index contributed by atoms with van der Waals surface area (Å²) in [4.78, 5) is 6.54. The third-order valence-electron chi connectivity index (χ3n) is 3.89. The summed E-state index contributed by atoms with van der Waals surface area (Å²) in [6.07, 6.45) is 1.65. The van der Waals surface area contributed by atoms with Crippen molar-refractivity contribution in [2.75, 3.05) is 27.3 Å². The zero-order valence-corrected chi connectivity index (χ0v) is 14.8. The van der Waals surface area contributed by atoms with Crippen LogP contribution in [-0.2, 0) is 6.54 Å². The summed E-state index contributed by atoms with van der Waals surface area (Å²) in [5.74, 6) is 1.27. The Bertz CT molecular complexity index is 833. The molecule has 0 fully saturated rings. The number of nitrogens with zero attached hydrogens (tertiary/aromatic N) is 2. The number of ether oxygens (including phenoxy) is 2. The van der Waals surface area contributed by atoms with Crippen LogP contribution in [0.5, 0.6) is 11.5 Å². The quantitative estimate of drug-likeness (QED) is 0.610. The van der Waals surface area contributed by atoms with E-state index in [1.807, 2.05) is 36.2 Å². The summed E-state index contributed by atoms with van der Waals surface area (Å²) in [6.45, 7) is 1.64. The van der Waals surface area contributed by atoms with Gasteiger partial charge in [-0.05, 0) is 43.4 Å². The minimum absolute atomic E-state index is 0.268. The monoisotopic (exact) mass is 356 g/mol. The Morgan fingerprint density at radius 2 is 1.88 bits per heavy atom. The standard InChI is InChI=1S/C20H21FN2O3/c1-23(11-12-25-19-6-4-3-5-18(19)21)13-16-14-26-20(22-16)15-7-9-17(24-2)10-8-15/h3-10,14H,11-13H2,1-2H3. The Balaban J connectivity index is 1.51. The molecule has 0 saturated carbocycles. The SMILES string of the molecule is COc1ccc(-c2nc(CN(C)CCOc3ccccc3F)co2)cc1. The minimum atomic E-state index is -0.351. The molecule has 136 valence electrons. The molecule has 0 amide bonds. The molecule has 1 heterocycles. The van der Waals surface area contributed by atoms with Crippen LogP contribution in [0.15, 0.2) is 59.2 Å². The highest BCUT2D eigenvalue weighted by atomic mass is 19.1. The number of methoxy groups -OCH3 is 1. The molecule has 6 heteroatoms. The predicted octanol–water partition coefficient (Wildman–Crippen LogP) is 4.00. The first kappa shape index (κ1) is 17.9. The van der Waals surface area contributed by atoms with Crippen LogP contribution in [0.4, 0.5) is 4.39 Å². The molecular formula is C20H21FN2O3. The summed E-state index contributed by atoms with van der Waals surface area (Å²) in [5, 5.41) is 0. The van der Waals surface area contributed by atoms with Crippen molar-refractivity contribution >= 4 is 0 Å². The lowest BCUT2D eigenvalue weighted by Crippen LogP contribution is -2.24. The molecular weight excluding hydrogens is 335 g/mol. The molecule has 0 aliphatic heterocycles. The van der Waals surface area contributed by atoms with Crippen LogP contribution < -0.4 is 9.47 Å². The topological polar surface area (TPSA) is 47.7 Å². The van der Waals surface area contributed by atoms with Gasteiger partial charge in [0.25, 0.3) is 0 Å². The summed E-state index contributed by atoms with van der Waals surface area (Å²) < 4.78 is 29.7. The predicted molar refractivity (Wildman–Crippen MR) is 96.7 cm³/mol. The normalized spacial score (nSPS) is 10.9. The molecule has 0 aliphatic carbocycles. The maximum Gasteiger partial charge on any atom is 0.226 e. The average Bonchev–Trinajstić information content (AvgIpc) is 3.12. The summed E-state index contributed by atoms with van der Waals surface area (Å²) >= 11 is 0. The fourth-order valence-electron chi connectivity index (χ4n) is 2.47. The maximum atomic E-state index is 13.5. The second kappa shape index (κ2) is 8.49. The molecule has 3 aromatic rings. The number of hydrogen-bond donors (Lipinski definition) is 0. The van der Waals surface area contributed by atoms with Crippen LogP contribution in [0.3, 0.4) is 0 Å². The molecule has 0 aliphatic rings. The van der Waals surface area contributed by atoms with Gasteiger partial charge in [0.15, 0.2) is 11.6 Å². The van der Waals surface area contributed by atoms with Crippen molar-refractivity contribution in [2.45, 2.75) is 6.54 Å². The van der Waals surface area contributed by atoms with Gasteiger partial charge in [-0.25, -0.2) is 9.37 Å². The smallest absolute Gasteiger partial charge is 0.226 e. The van der Waals surface area contributed by atoms with Crippen LogP contribution in [-0.4, -0.2) is 37.2 Å². The van der Waals surface area contributed by atoms with E-state index in [0.717, 1.165) is 17.0 Å². The number of rotatable bonds is 8. The minimum Gasteiger partial charge on any atom is -0.497 e. The number of aromatic nitrogens is 1. The molecule has 0 bridgehead atoms. The summed E-state index contributed by atoms with van der Waals surface area (Å²) in [7, 11) is 3.58. The van der Waals surface area contributed by atoms with Crippen LogP contribution in [0, 0.1) is 5.82 Å².